The number of carbonyl (C=O) groups excluding carboxylic acids is 2. The van der Waals surface area contributed by atoms with Gasteiger partial charge >= 0.3 is 0 Å². The van der Waals surface area contributed by atoms with Crippen molar-refractivity contribution < 1.29 is 23.1 Å². The van der Waals surface area contributed by atoms with E-state index in [0.717, 1.165) is 5.75 Å². The van der Waals surface area contributed by atoms with Gasteiger partial charge in [0.15, 0.2) is 5.76 Å². The molecule has 1 heterocycles. The van der Waals surface area contributed by atoms with Crippen LogP contribution in [0.1, 0.15) is 27.3 Å². The Bertz CT molecular complexity index is 1210. The molecule has 34 heavy (non-hydrogen) atoms. The SMILES string of the molecule is O=C(NCCCN(C(=O)c1ccco1)c1ccc(Oc2ccccc2)cc1)c1ccc(F)cc1. The van der Waals surface area contributed by atoms with Crippen molar-refractivity contribution in [2.75, 3.05) is 18.0 Å². The normalized spacial score (nSPS) is 10.5. The van der Waals surface area contributed by atoms with Crippen LogP contribution in [0, 0.1) is 5.82 Å². The molecule has 0 spiro atoms. The Morgan fingerprint density at radius 1 is 0.853 bits per heavy atom. The zero-order valence-corrected chi connectivity index (χ0v) is 18.3. The summed E-state index contributed by atoms with van der Waals surface area (Å²) in [5, 5.41) is 2.79. The minimum Gasteiger partial charge on any atom is -0.459 e. The van der Waals surface area contributed by atoms with Crippen molar-refractivity contribution in [2.45, 2.75) is 6.42 Å². The predicted molar refractivity (Wildman–Crippen MR) is 127 cm³/mol. The lowest BCUT2D eigenvalue weighted by molar-refractivity contribution is 0.0953. The summed E-state index contributed by atoms with van der Waals surface area (Å²) in [4.78, 5) is 26.9. The van der Waals surface area contributed by atoms with E-state index in [1.165, 1.54) is 30.5 Å². The lowest BCUT2D eigenvalue weighted by atomic mass is 10.2. The Labute approximate surface area is 196 Å². The number of anilines is 1. The summed E-state index contributed by atoms with van der Waals surface area (Å²) in [5.41, 5.74) is 1.05. The van der Waals surface area contributed by atoms with Crippen LogP contribution >= 0.6 is 0 Å². The summed E-state index contributed by atoms with van der Waals surface area (Å²) in [6, 6.07) is 25.2. The zero-order chi connectivity index (χ0) is 23.8. The second-order valence-corrected chi connectivity index (χ2v) is 7.46. The van der Waals surface area contributed by atoms with Crippen LogP contribution in [0.25, 0.3) is 0 Å². The fourth-order valence-corrected chi connectivity index (χ4v) is 3.34. The second kappa shape index (κ2) is 11.0. The number of amides is 2. The molecule has 2 amide bonds. The molecule has 0 aliphatic rings. The van der Waals surface area contributed by atoms with Crippen molar-refractivity contribution in [2.24, 2.45) is 0 Å². The monoisotopic (exact) mass is 458 g/mol. The molecule has 172 valence electrons. The molecule has 0 atom stereocenters. The topological polar surface area (TPSA) is 71.8 Å². The fourth-order valence-electron chi connectivity index (χ4n) is 3.34. The van der Waals surface area contributed by atoms with Gasteiger partial charge in [-0.1, -0.05) is 18.2 Å². The minimum absolute atomic E-state index is 0.222. The van der Waals surface area contributed by atoms with Gasteiger partial charge in [-0.2, -0.15) is 0 Å². The number of nitrogens with one attached hydrogen (secondary N) is 1. The quantitative estimate of drug-likeness (QED) is 0.328. The van der Waals surface area contributed by atoms with Gasteiger partial charge in [-0.15, -0.1) is 0 Å². The number of carbonyl (C=O) groups is 2. The standard InChI is InChI=1S/C27H23FN2O4/c28-21-11-9-20(10-12-21)26(31)29-17-5-18-30(27(32)25-8-4-19-33-25)22-13-15-24(16-14-22)34-23-6-2-1-3-7-23/h1-4,6-16,19H,5,17-18H2,(H,29,31). The number of hydrogen-bond donors (Lipinski definition) is 1. The Balaban J connectivity index is 1.40. The molecule has 6 nitrogen and oxygen atoms in total. The van der Waals surface area contributed by atoms with E-state index in [-0.39, 0.29) is 17.6 Å². The number of halogens is 1. The van der Waals surface area contributed by atoms with E-state index in [0.29, 0.717) is 36.5 Å². The van der Waals surface area contributed by atoms with E-state index in [2.05, 4.69) is 5.32 Å². The molecule has 4 rings (SSSR count). The van der Waals surface area contributed by atoms with Crippen LogP contribution < -0.4 is 15.0 Å². The first-order valence-electron chi connectivity index (χ1n) is 10.8. The van der Waals surface area contributed by atoms with Crippen LogP contribution in [0.4, 0.5) is 10.1 Å². The highest BCUT2D eigenvalue weighted by molar-refractivity contribution is 6.04. The van der Waals surface area contributed by atoms with Gasteiger partial charge in [-0.25, -0.2) is 4.39 Å². The minimum atomic E-state index is -0.399. The lowest BCUT2D eigenvalue weighted by Crippen LogP contribution is -2.34. The number of ether oxygens (including phenoxy) is 1. The molecule has 4 aromatic rings. The van der Waals surface area contributed by atoms with Crippen molar-refractivity contribution in [3.63, 3.8) is 0 Å². The van der Waals surface area contributed by atoms with Gasteiger partial charge in [0.1, 0.15) is 17.3 Å². The van der Waals surface area contributed by atoms with Crippen LogP contribution in [0.5, 0.6) is 11.5 Å². The van der Waals surface area contributed by atoms with Gasteiger partial charge in [-0.05, 0) is 79.2 Å². The fraction of sp³-hybridized carbons (Fsp3) is 0.111. The first kappa shape index (κ1) is 22.8. The Morgan fingerprint density at radius 3 is 2.24 bits per heavy atom. The lowest BCUT2D eigenvalue weighted by Gasteiger charge is -2.22. The summed E-state index contributed by atoms with van der Waals surface area (Å²) < 4.78 is 24.2. The van der Waals surface area contributed by atoms with Gasteiger partial charge in [0.05, 0.1) is 6.26 Å². The molecule has 0 unspecified atom stereocenters. The Morgan fingerprint density at radius 2 is 1.56 bits per heavy atom. The van der Waals surface area contributed by atoms with Crippen LogP contribution in [-0.4, -0.2) is 24.9 Å². The molecule has 1 N–H and O–H groups in total. The van der Waals surface area contributed by atoms with Gasteiger partial charge in [0, 0.05) is 24.3 Å². The molecule has 0 aliphatic carbocycles. The smallest absolute Gasteiger partial charge is 0.293 e. The van der Waals surface area contributed by atoms with E-state index in [4.69, 9.17) is 9.15 Å². The van der Waals surface area contributed by atoms with Gasteiger partial charge in [0.25, 0.3) is 11.8 Å². The summed E-state index contributed by atoms with van der Waals surface area (Å²) in [7, 11) is 0. The third kappa shape index (κ3) is 5.89. The van der Waals surface area contributed by atoms with Crippen molar-refractivity contribution in [1.82, 2.24) is 5.32 Å². The van der Waals surface area contributed by atoms with E-state index in [1.54, 1.807) is 41.3 Å². The number of hydrogen-bond acceptors (Lipinski definition) is 4. The molecule has 7 heteroatoms. The molecular formula is C27H23FN2O4. The first-order valence-corrected chi connectivity index (χ1v) is 10.8. The van der Waals surface area contributed by atoms with Gasteiger partial charge in [-0.3, -0.25) is 9.59 Å². The Hall–Kier alpha value is -4.39. The highest BCUT2D eigenvalue weighted by Crippen LogP contribution is 2.25. The largest absolute Gasteiger partial charge is 0.459 e. The van der Waals surface area contributed by atoms with Crippen molar-refractivity contribution in [3.8, 4) is 11.5 Å². The maximum absolute atomic E-state index is 13.0. The van der Waals surface area contributed by atoms with Crippen molar-refractivity contribution in [1.29, 1.82) is 0 Å². The Kier molecular flexibility index (Phi) is 7.35. The maximum atomic E-state index is 13.0. The summed E-state index contributed by atoms with van der Waals surface area (Å²) in [5.74, 6) is 0.601. The molecule has 3 aromatic carbocycles. The highest BCUT2D eigenvalue weighted by Gasteiger charge is 2.20. The molecular weight excluding hydrogens is 435 g/mol. The molecule has 0 saturated carbocycles. The van der Waals surface area contributed by atoms with Crippen LogP contribution in [0.2, 0.25) is 0 Å². The van der Waals surface area contributed by atoms with E-state index in [9.17, 15) is 14.0 Å². The molecule has 0 radical (unpaired) electrons. The van der Waals surface area contributed by atoms with Gasteiger partial charge < -0.3 is 19.4 Å². The summed E-state index contributed by atoms with van der Waals surface area (Å²) in [6.07, 6.45) is 1.95. The molecule has 0 saturated heterocycles. The van der Waals surface area contributed by atoms with Crippen molar-refractivity contribution in [3.05, 3.63) is 114 Å². The average molecular weight is 458 g/mol. The van der Waals surface area contributed by atoms with E-state index in [1.807, 2.05) is 30.3 Å². The predicted octanol–water partition coefficient (Wildman–Crippen LogP) is 5.68. The summed E-state index contributed by atoms with van der Waals surface area (Å²) in [6.45, 7) is 0.690. The number of rotatable bonds is 9. The van der Waals surface area contributed by atoms with Gasteiger partial charge in [0.2, 0.25) is 0 Å². The number of furan rings is 1. The third-order valence-corrected chi connectivity index (χ3v) is 5.05. The van der Waals surface area contributed by atoms with Crippen LogP contribution in [0.3, 0.4) is 0 Å². The second-order valence-electron chi connectivity index (χ2n) is 7.46. The number of para-hydroxylation sites is 1. The van der Waals surface area contributed by atoms with E-state index >= 15 is 0 Å². The summed E-state index contributed by atoms with van der Waals surface area (Å²) >= 11 is 0. The van der Waals surface area contributed by atoms with E-state index < -0.39 is 5.82 Å². The van der Waals surface area contributed by atoms with Crippen LogP contribution in [0.15, 0.2) is 102 Å². The number of benzene rings is 3. The average Bonchev–Trinajstić information content (AvgIpc) is 3.41. The molecule has 1 aromatic heterocycles. The third-order valence-electron chi connectivity index (χ3n) is 5.05. The number of nitrogens with zero attached hydrogens (tertiary/aromatic N) is 1. The highest BCUT2D eigenvalue weighted by atomic mass is 19.1. The van der Waals surface area contributed by atoms with Crippen LogP contribution in [-0.2, 0) is 0 Å². The molecule has 0 fully saturated rings. The molecule has 0 aliphatic heterocycles. The van der Waals surface area contributed by atoms with Crippen molar-refractivity contribution >= 4 is 17.5 Å². The maximum Gasteiger partial charge on any atom is 0.293 e. The first-order chi connectivity index (χ1) is 16.6. The zero-order valence-electron chi connectivity index (χ0n) is 18.3. The molecule has 0 bridgehead atoms.